The molecule has 1 aromatic heterocycles. The predicted octanol–water partition coefficient (Wildman–Crippen LogP) is 1.87. The van der Waals surface area contributed by atoms with E-state index in [0.717, 1.165) is 11.3 Å². The van der Waals surface area contributed by atoms with Crippen molar-refractivity contribution in [3.05, 3.63) is 33.6 Å². The van der Waals surface area contributed by atoms with Crippen molar-refractivity contribution < 1.29 is 22.5 Å². The van der Waals surface area contributed by atoms with Crippen molar-refractivity contribution in [2.24, 2.45) is 4.99 Å². The SMILES string of the molecule is Cc1nc(CN2NC=NC2C(F)(F)C(F)F)ccc1[N+](=O)[O-]. The van der Waals surface area contributed by atoms with Gasteiger partial charge in [-0.05, 0) is 13.0 Å². The van der Waals surface area contributed by atoms with Gasteiger partial charge in [-0.3, -0.25) is 10.1 Å². The highest BCUT2D eigenvalue weighted by Gasteiger charge is 2.53. The Morgan fingerprint density at radius 3 is 2.73 bits per heavy atom. The molecule has 1 atom stereocenters. The van der Waals surface area contributed by atoms with E-state index in [1.54, 1.807) is 0 Å². The lowest BCUT2D eigenvalue weighted by Gasteiger charge is -2.28. The zero-order valence-electron chi connectivity index (χ0n) is 11.2. The number of pyridine rings is 1. The van der Waals surface area contributed by atoms with Crippen LogP contribution < -0.4 is 5.43 Å². The third-order valence-electron chi connectivity index (χ3n) is 3.01. The van der Waals surface area contributed by atoms with Crippen LogP contribution in [0.1, 0.15) is 11.4 Å². The molecule has 1 aliphatic rings. The first-order chi connectivity index (χ1) is 10.2. The molecule has 0 spiro atoms. The lowest BCUT2D eigenvalue weighted by molar-refractivity contribution is -0.385. The van der Waals surface area contributed by atoms with E-state index < -0.39 is 23.4 Å². The highest BCUT2D eigenvalue weighted by Crippen LogP contribution is 2.32. The number of nitrogens with one attached hydrogen (secondary N) is 1. The van der Waals surface area contributed by atoms with E-state index in [1.165, 1.54) is 19.1 Å². The van der Waals surface area contributed by atoms with Gasteiger partial charge in [-0.25, -0.2) is 18.8 Å². The highest BCUT2D eigenvalue weighted by atomic mass is 19.3. The van der Waals surface area contributed by atoms with Crippen LogP contribution in [0.2, 0.25) is 0 Å². The van der Waals surface area contributed by atoms with Crippen LogP contribution in [0.4, 0.5) is 23.2 Å². The van der Waals surface area contributed by atoms with Crippen LogP contribution in [0, 0.1) is 17.0 Å². The Labute approximate surface area is 121 Å². The summed E-state index contributed by atoms with van der Waals surface area (Å²) in [7, 11) is 0. The first-order valence-electron chi connectivity index (χ1n) is 6.05. The zero-order valence-corrected chi connectivity index (χ0v) is 11.2. The van der Waals surface area contributed by atoms with Gasteiger partial charge in [-0.2, -0.15) is 13.8 Å². The number of hydrogen-bond donors (Lipinski definition) is 1. The van der Waals surface area contributed by atoms with E-state index in [1.807, 2.05) is 0 Å². The molecule has 120 valence electrons. The molecule has 0 bridgehead atoms. The largest absolute Gasteiger partial charge is 0.343 e. The van der Waals surface area contributed by atoms with Crippen LogP contribution in [0.15, 0.2) is 17.1 Å². The minimum absolute atomic E-state index is 0.0970. The molecular formula is C11H11F4N5O2. The summed E-state index contributed by atoms with van der Waals surface area (Å²) < 4.78 is 51.6. The number of aliphatic imine (C=N–C) groups is 1. The van der Waals surface area contributed by atoms with Gasteiger partial charge in [0.15, 0.2) is 6.17 Å². The molecule has 0 aliphatic carbocycles. The maximum absolute atomic E-state index is 13.4. The molecule has 0 saturated heterocycles. The van der Waals surface area contributed by atoms with Gasteiger partial charge in [0.25, 0.3) is 5.69 Å². The van der Waals surface area contributed by atoms with Crippen LogP contribution in [0.25, 0.3) is 0 Å². The van der Waals surface area contributed by atoms with Gasteiger partial charge in [-0.15, -0.1) is 0 Å². The summed E-state index contributed by atoms with van der Waals surface area (Å²) in [4.78, 5) is 17.3. The van der Waals surface area contributed by atoms with Crippen LogP contribution in [-0.4, -0.2) is 39.8 Å². The van der Waals surface area contributed by atoms with Crippen LogP contribution in [-0.2, 0) is 6.54 Å². The van der Waals surface area contributed by atoms with Gasteiger partial charge in [0.1, 0.15) is 5.69 Å². The van der Waals surface area contributed by atoms with Crippen molar-refractivity contribution in [3.8, 4) is 0 Å². The Morgan fingerprint density at radius 2 is 2.18 bits per heavy atom. The molecular weight excluding hydrogens is 310 g/mol. The molecule has 0 saturated carbocycles. The van der Waals surface area contributed by atoms with E-state index in [4.69, 9.17) is 0 Å². The number of hydrogen-bond acceptors (Lipinski definition) is 6. The number of nitro groups is 1. The lowest BCUT2D eigenvalue weighted by atomic mass is 10.2. The minimum atomic E-state index is -4.34. The smallest absolute Gasteiger partial charge is 0.307 e. The molecule has 2 heterocycles. The first kappa shape index (κ1) is 16.1. The maximum atomic E-state index is 13.4. The Hall–Kier alpha value is -2.30. The fourth-order valence-corrected chi connectivity index (χ4v) is 1.94. The summed E-state index contributed by atoms with van der Waals surface area (Å²) in [6.45, 7) is 1.12. The van der Waals surface area contributed by atoms with Gasteiger partial charge in [0, 0.05) is 6.07 Å². The molecule has 1 unspecified atom stereocenters. The summed E-state index contributed by atoms with van der Waals surface area (Å²) >= 11 is 0. The monoisotopic (exact) mass is 321 g/mol. The number of nitrogens with zero attached hydrogens (tertiary/aromatic N) is 4. The second kappa shape index (κ2) is 5.83. The molecule has 0 aromatic carbocycles. The Balaban J connectivity index is 2.17. The number of hydrazine groups is 1. The number of alkyl halides is 4. The molecule has 1 aromatic rings. The second-order valence-electron chi connectivity index (χ2n) is 4.55. The van der Waals surface area contributed by atoms with Crippen molar-refractivity contribution in [2.45, 2.75) is 32.0 Å². The molecule has 0 fully saturated rings. The Bertz CT molecular complexity index is 610. The van der Waals surface area contributed by atoms with Gasteiger partial charge in [-0.1, -0.05) is 0 Å². The fraction of sp³-hybridized carbons (Fsp3) is 0.455. The van der Waals surface area contributed by atoms with Gasteiger partial charge >= 0.3 is 12.3 Å². The summed E-state index contributed by atoms with van der Waals surface area (Å²) in [5.74, 6) is -4.34. The Morgan fingerprint density at radius 1 is 1.50 bits per heavy atom. The van der Waals surface area contributed by atoms with Gasteiger partial charge in [0.2, 0.25) is 0 Å². The fourth-order valence-electron chi connectivity index (χ4n) is 1.94. The standard InChI is InChI=1S/C11H11F4N5O2/c1-6-8(20(21)22)3-2-7(18-6)4-19-10(16-5-17-19)11(14,15)9(12)13/h2-3,5,9-10H,4H2,1H3,(H,16,17). The number of aromatic nitrogens is 1. The molecule has 0 radical (unpaired) electrons. The minimum Gasteiger partial charge on any atom is -0.307 e. The third-order valence-corrected chi connectivity index (χ3v) is 3.01. The highest BCUT2D eigenvalue weighted by molar-refractivity contribution is 5.56. The van der Waals surface area contributed by atoms with E-state index in [0.29, 0.717) is 0 Å². The van der Waals surface area contributed by atoms with Crippen molar-refractivity contribution in [1.82, 2.24) is 15.4 Å². The van der Waals surface area contributed by atoms with Crippen LogP contribution in [0.5, 0.6) is 0 Å². The van der Waals surface area contributed by atoms with Crippen molar-refractivity contribution >= 4 is 12.0 Å². The molecule has 22 heavy (non-hydrogen) atoms. The number of halogens is 4. The van der Waals surface area contributed by atoms with E-state index in [2.05, 4.69) is 15.4 Å². The molecule has 7 nitrogen and oxygen atoms in total. The van der Waals surface area contributed by atoms with E-state index in [9.17, 15) is 27.7 Å². The van der Waals surface area contributed by atoms with Gasteiger partial charge in [0.05, 0.1) is 23.5 Å². The van der Waals surface area contributed by atoms with Crippen LogP contribution >= 0.6 is 0 Å². The average molecular weight is 321 g/mol. The molecule has 1 aliphatic heterocycles. The number of rotatable bonds is 5. The van der Waals surface area contributed by atoms with Crippen molar-refractivity contribution in [2.75, 3.05) is 0 Å². The van der Waals surface area contributed by atoms with Crippen LogP contribution in [0.3, 0.4) is 0 Å². The normalized spacial score (nSPS) is 18.7. The Kier molecular flexibility index (Phi) is 4.26. The van der Waals surface area contributed by atoms with E-state index >= 15 is 0 Å². The topological polar surface area (TPSA) is 83.7 Å². The number of aryl methyl sites for hydroxylation is 1. The molecule has 1 N–H and O–H groups in total. The summed E-state index contributed by atoms with van der Waals surface area (Å²) in [6, 6.07) is 2.44. The maximum Gasteiger partial charge on any atom is 0.343 e. The summed E-state index contributed by atoms with van der Waals surface area (Å²) in [5.41, 5.74) is 2.41. The first-order valence-corrected chi connectivity index (χ1v) is 6.05. The second-order valence-corrected chi connectivity index (χ2v) is 4.55. The third kappa shape index (κ3) is 2.98. The summed E-state index contributed by atoms with van der Waals surface area (Å²) in [6.07, 6.45) is -5.06. The molecule has 11 heteroatoms. The van der Waals surface area contributed by atoms with Crippen molar-refractivity contribution in [1.29, 1.82) is 0 Å². The quantitative estimate of drug-likeness (QED) is 0.508. The lowest BCUT2D eigenvalue weighted by Crippen LogP contribution is -2.51. The van der Waals surface area contributed by atoms with Gasteiger partial charge < -0.3 is 5.43 Å². The van der Waals surface area contributed by atoms with Crippen molar-refractivity contribution in [3.63, 3.8) is 0 Å². The molecule has 2 rings (SSSR count). The summed E-state index contributed by atoms with van der Waals surface area (Å²) in [5, 5.41) is 11.5. The average Bonchev–Trinajstić information content (AvgIpc) is 2.86. The van der Waals surface area contributed by atoms with E-state index in [-0.39, 0.29) is 23.6 Å². The molecule has 0 amide bonds. The predicted molar refractivity (Wildman–Crippen MR) is 67.5 cm³/mol. The zero-order chi connectivity index (χ0) is 16.5.